The number of amides is 2. The third-order valence-electron chi connectivity index (χ3n) is 3.54. The number of carbonyl (C=O) groups is 1. The smallest absolute Gasteiger partial charge is 0.315 e. The number of hydrogen-bond donors (Lipinski definition) is 3. The number of nitrogens with one attached hydrogen (secondary N) is 2. The van der Waals surface area contributed by atoms with E-state index in [1.54, 1.807) is 11.3 Å². The Bertz CT molecular complexity index is 445. The first-order valence-electron chi connectivity index (χ1n) is 6.61. The summed E-state index contributed by atoms with van der Waals surface area (Å²) >= 11 is 1.62. The molecule has 0 aromatic carbocycles. The molecule has 2 rings (SSSR count). The van der Waals surface area contributed by atoms with Gasteiger partial charge in [0.1, 0.15) is 0 Å². The molecule has 1 saturated carbocycles. The normalized spacial score (nSPS) is 17.8. The van der Waals surface area contributed by atoms with E-state index in [-0.39, 0.29) is 12.6 Å². The Hall–Kier alpha value is -1.14. The van der Waals surface area contributed by atoms with Gasteiger partial charge in [-0.3, -0.25) is 0 Å². The van der Waals surface area contributed by atoms with E-state index in [9.17, 15) is 9.90 Å². The summed E-state index contributed by atoms with van der Waals surface area (Å²) < 4.78 is 0. The molecule has 1 unspecified atom stereocenters. The van der Waals surface area contributed by atoms with Crippen LogP contribution in [0.2, 0.25) is 0 Å². The molecule has 0 saturated heterocycles. The van der Waals surface area contributed by atoms with Crippen LogP contribution in [0.4, 0.5) is 4.79 Å². The van der Waals surface area contributed by atoms with E-state index in [0.29, 0.717) is 12.5 Å². The van der Waals surface area contributed by atoms with Gasteiger partial charge in [0.2, 0.25) is 0 Å². The van der Waals surface area contributed by atoms with Crippen molar-refractivity contribution >= 4 is 17.4 Å². The molecule has 6 heteroatoms. The number of rotatable bonds is 6. The summed E-state index contributed by atoms with van der Waals surface area (Å²) in [6.45, 7) is 4.40. The van der Waals surface area contributed by atoms with E-state index < -0.39 is 5.54 Å². The Balaban J connectivity index is 1.72. The van der Waals surface area contributed by atoms with E-state index in [1.165, 1.54) is 0 Å². The Kier molecular flexibility index (Phi) is 4.42. The minimum Gasteiger partial charge on any atom is -0.394 e. The highest BCUT2D eigenvalue weighted by molar-refractivity contribution is 7.09. The van der Waals surface area contributed by atoms with Crippen molar-refractivity contribution in [2.24, 2.45) is 5.92 Å². The number of hydrogen-bond acceptors (Lipinski definition) is 4. The topological polar surface area (TPSA) is 74.2 Å². The van der Waals surface area contributed by atoms with Gasteiger partial charge in [-0.2, -0.15) is 0 Å². The quantitative estimate of drug-likeness (QED) is 0.740. The number of aromatic nitrogens is 1. The molecule has 1 aliphatic carbocycles. The molecule has 0 radical (unpaired) electrons. The van der Waals surface area contributed by atoms with Gasteiger partial charge >= 0.3 is 6.03 Å². The van der Waals surface area contributed by atoms with E-state index in [1.807, 2.05) is 19.2 Å². The van der Waals surface area contributed by atoms with Crippen LogP contribution in [-0.4, -0.2) is 34.8 Å². The highest BCUT2D eigenvalue weighted by Crippen LogP contribution is 2.39. The van der Waals surface area contributed by atoms with Crippen LogP contribution in [0.15, 0.2) is 5.38 Å². The predicted molar refractivity (Wildman–Crippen MR) is 75.3 cm³/mol. The summed E-state index contributed by atoms with van der Waals surface area (Å²) in [5.74, 6) is 0.407. The lowest BCUT2D eigenvalue weighted by Crippen LogP contribution is -2.54. The summed E-state index contributed by atoms with van der Waals surface area (Å²) in [4.78, 5) is 16.1. The van der Waals surface area contributed by atoms with Crippen LogP contribution >= 0.6 is 11.3 Å². The van der Waals surface area contributed by atoms with Crippen LogP contribution in [0.3, 0.4) is 0 Å². The Morgan fingerprint density at radius 2 is 2.37 bits per heavy atom. The number of carbonyl (C=O) groups excluding carboxylic acids is 1. The van der Waals surface area contributed by atoms with Crippen molar-refractivity contribution in [2.75, 3.05) is 13.2 Å². The molecule has 0 spiro atoms. The first-order chi connectivity index (χ1) is 9.03. The van der Waals surface area contributed by atoms with E-state index >= 15 is 0 Å². The summed E-state index contributed by atoms with van der Waals surface area (Å²) in [7, 11) is 0. The molecule has 1 atom stereocenters. The molecule has 106 valence electrons. The number of aliphatic hydroxyl groups is 1. The first-order valence-corrected chi connectivity index (χ1v) is 7.49. The Labute approximate surface area is 117 Å². The van der Waals surface area contributed by atoms with Gasteiger partial charge in [0.25, 0.3) is 0 Å². The van der Waals surface area contributed by atoms with Gasteiger partial charge in [-0.15, -0.1) is 11.3 Å². The highest BCUT2D eigenvalue weighted by atomic mass is 32.1. The number of nitrogens with zero attached hydrogens (tertiary/aromatic N) is 1. The van der Waals surface area contributed by atoms with Gasteiger partial charge in [-0.1, -0.05) is 0 Å². The second-order valence-electron chi connectivity index (χ2n) is 5.34. The number of aryl methyl sites for hydroxylation is 1. The van der Waals surface area contributed by atoms with Crippen LogP contribution in [0, 0.1) is 12.8 Å². The van der Waals surface area contributed by atoms with Gasteiger partial charge in [0.05, 0.1) is 22.8 Å². The molecule has 0 bridgehead atoms. The fourth-order valence-electron chi connectivity index (χ4n) is 2.12. The Morgan fingerprint density at radius 3 is 2.89 bits per heavy atom. The average Bonchev–Trinajstić information content (AvgIpc) is 3.14. The SMILES string of the molecule is Cc1nc(CCNC(=O)NC(C)(CO)C2CC2)cs1. The third kappa shape index (κ3) is 3.91. The van der Waals surface area contributed by atoms with Crippen LogP contribution in [0.1, 0.15) is 30.5 Å². The van der Waals surface area contributed by atoms with Gasteiger partial charge in [-0.25, -0.2) is 9.78 Å². The van der Waals surface area contributed by atoms with Crippen LogP contribution in [-0.2, 0) is 6.42 Å². The van der Waals surface area contributed by atoms with E-state index in [0.717, 1.165) is 30.0 Å². The molecule has 1 fully saturated rings. The van der Waals surface area contributed by atoms with Crippen molar-refractivity contribution in [3.63, 3.8) is 0 Å². The van der Waals surface area contributed by atoms with Crippen molar-refractivity contribution in [1.82, 2.24) is 15.6 Å². The largest absolute Gasteiger partial charge is 0.394 e. The van der Waals surface area contributed by atoms with Crippen molar-refractivity contribution in [3.05, 3.63) is 16.1 Å². The van der Waals surface area contributed by atoms with Crippen molar-refractivity contribution in [1.29, 1.82) is 0 Å². The zero-order valence-electron chi connectivity index (χ0n) is 11.4. The number of urea groups is 1. The predicted octanol–water partition coefficient (Wildman–Crippen LogP) is 1.45. The van der Waals surface area contributed by atoms with Crippen molar-refractivity contribution in [2.45, 2.75) is 38.6 Å². The molecular formula is C13H21N3O2S. The molecule has 1 heterocycles. The monoisotopic (exact) mass is 283 g/mol. The second-order valence-corrected chi connectivity index (χ2v) is 6.40. The zero-order chi connectivity index (χ0) is 13.9. The van der Waals surface area contributed by atoms with Gasteiger partial charge in [-0.05, 0) is 32.6 Å². The first kappa shape index (κ1) is 14.3. The van der Waals surface area contributed by atoms with Gasteiger partial charge < -0.3 is 15.7 Å². The standard InChI is InChI=1S/C13H21N3O2S/c1-9-15-11(7-19-9)5-6-14-12(18)16-13(2,8-17)10-3-4-10/h7,10,17H,3-6,8H2,1-2H3,(H2,14,16,18). The summed E-state index contributed by atoms with van der Waals surface area (Å²) in [5, 5.41) is 18.1. The highest BCUT2D eigenvalue weighted by Gasteiger charge is 2.42. The molecule has 3 N–H and O–H groups in total. The molecule has 19 heavy (non-hydrogen) atoms. The summed E-state index contributed by atoms with van der Waals surface area (Å²) in [5.41, 5.74) is 0.524. The minimum atomic E-state index is -0.485. The van der Waals surface area contributed by atoms with Crippen molar-refractivity contribution < 1.29 is 9.90 Å². The molecule has 1 aromatic rings. The summed E-state index contributed by atoms with van der Waals surface area (Å²) in [6, 6.07) is -0.213. The zero-order valence-corrected chi connectivity index (χ0v) is 12.2. The maximum absolute atomic E-state index is 11.8. The minimum absolute atomic E-state index is 0.0175. The number of thiazole rings is 1. The molecule has 1 aliphatic rings. The number of aliphatic hydroxyl groups excluding tert-OH is 1. The fourth-order valence-corrected chi connectivity index (χ4v) is 2.77. The molecule has 2 amide bonds. The molecule has 0 aliphatic heterocycles. The maximum Gasteiger partial charge on any atom is 0.315 e. The van der Waals surface area contributed by atoms with Crippen molar-refractivity contribution in [3.8, 4) is 0 Å². The molecule has 1 aromatic heterocycles. The van der Waals surface area contributed by atoms with Gasteiger partial charge in [0.15, 0.2) is 0 Å². The van der Waals surface area contributed by atoms with E-state index in [4.69, 9.17) is 0 Å². The van der Waals surface area contributed by atoms with Crippen LogP contribution in [0.5, 0.6) is 0 Å². The lowest BCUT2D eigenvalue weighted by Gasteiger charge is -2.28. The lowest BCUT2D eigenvalue weighted by atomic mass is 9.97. The maximum atomic E-state index is 11.8. The Morgan fingerprint density at radius 1 is 1.63 bits per heavy atom. The second kappa shape index (κ2) is 5.88. The average molecular weight is 283 g/mol. The summed E-state index contributed by atoms with van der Waals surface area (Å²) in [6.07, 6.45) is 2.89. The van der Waals surface area contributed by atoms with Crippen LogP contribution < -0.4 is 10.6 Å². The van der Waals surface area contributed by atoms with Crippen LogP contribution in [0.25, 0.3) is 0 Å². The molecular weight excluding hydrogens is 262 g/mol. The van der Waals surface area contributed by atoms with Gasteiger partial charge in [0, 0.05) is 18.3 Å². The fraction of sp³-hybridized carbons (Fsp3) is 0.692. The molecule has 5 nitrogen and oxygen atoms in total. The lowest BCUT2D eigenvalue weighted by molar-refractivity contribution is 0.155. The third-order valence-corrected chi connectivity index (χ3v) is 4.36. The van der Waals surface area contributed by atoms with E-state index in [2.05, 4.69) is 15.6 Å².